The van der Waals surface area contributed by atoms with Crippen LogP contribution in [0.5, 0.6) is 0 Å². The quantitative estimate of drug-likeness (QED) is 0.558. The van der Waals surface area contributed by atoms with Crippen molar-refractivity contribution in [3.63, 3.8) is 0 Å². The van der Waals surface area contributed by atoms with Crippen LogP contribution in [0.1, 0.15) is 6.42 Å². The minimum absolute atomic E-state index is 0.137. The number of nitrogens with zero attached hydrogens (tertiary/aromatic N) is 4. The Kier molecular flexibility index (Phi) is 4.04. The molecule has 0 aliphatic heterocycles. The maximum absolute atomic E-state index is 5.42. The third kappa shape index (κ3) is 4.41. The van der Waals surface area contributed by atoms with Gasteiger partial charge in [0.1, 0.15) is 0 Å². The normalized spacial score (nSPS) is 10.6. The molecule has 1 aromatic rings. The van der Waals surface area contributed by atoms with Crippen LogP contribution < -0.4 is 16.8 Å². The first-order valence-corrected chi connectivity index (χ1v) is 4.73. The van der Waals surface area contributed by atoms with Crippen LogP contribution in [-0.2, 0) is 0 Å². The summed E-state index contributed by atoms with van der Waals surface area (Å²) < 4.78 is 0. The Labute approximate surface area is 88.9 Å². The Morgan fingerprint density at radius 2 is 1.73 bits per heavy atom. The second kappa shape index (κ2) is 5.30. The van der Waals surface area contributed by atoms with E-state index in [1.54, 1.807) is 0 Å². The van der Waals surface area contributed by atoms with Gasteiger partial charge in [-0.15, -0.1) is 0 Å². The van der Waals surface area contributed by atoms with Crippen LogP contribution in [0.3, 0.4) is 0 Å². The highest BCUT2D eigenvalue weighted by atomic mass is 15.2. The van der Waals surface area contributed by atoms with E-state index in [-0.39, 0.29) is 11.9 Å². The van der Waals surface area contributed by atoms with Crippen LogP contribution in [0.2, 0.25) is 0 Å². The number of aromatic nitrogens is 3. The van der Waals surface area contributed by atoms with Crippen molar-refractivity contribution in [1.82, 2.24) is 19.9 Å². The Hall–Kier alpha value is -1.63. The maximum Gasteiger partial charge on any atom is 0.229 e. The van der Waals surface area contributed by atoms with Gasteiger partial charge in [0.15, 0.2) is 0 Å². The van der Waals surface area contributed by atoms with Crippen molar-refractivity contribution in [2.24, 2.45) is 0 Å². The summed E-state index contributed by atoms with van der Waals surface area (Å²) in [5.74, 6) is 0.703. The van der Waals surface area contributed by atoms with Gasteiger partial charge in [-0.1, -0.05) is 0 Å². The molecule has 0 bridgehead atoms. The highest BCUT2D eigenvalue weighted by molar-refractivity contribution is 5.36. The smallest absolute Gasteiger partial charge is 0.229 e. The van der Waals surface area contributed by atoms with Gasteiger partial charge in [-0.25, -0.2) is 0 Å². The van der Waals surface area contributed by atoms with Crippen LogP contribution >= 0.6 is 0 Å². The summed E-state index contributed by atoms with van der Waals surface area (Å²) in [6.07, 6.45) is 0.999. The third-order valence-electron chi connectivity index (χ3n) is 1.74. The molecule has 7 heteroatoms. The number of rotatable bonds is 5. The van der Waals surface area contributed by atoms with Crippen molar-refractivity contribution < 1.29 is 0 Å². The standard InChI is InChI=1S/C8H17N7/c1-15(2)5-3-4-11-8-13-6(9)12-7(10)14-8/h3-5H2,1-2H3,(H5,9,10,11,12,13,14). The molecule has 0 aromatic carbocycles. The lowest BCUT2D eigenvalue weighted by atomic mass is 10.4. The van der Waals surface area contributed by atoms with E-state index in [4.69, 9.17) is 11.5 Å². The minimum atomic E-state index is 0.137. The monoisotopic (exact) mass is 211 g/mol. The zero-order valence-corrected chi connectivity index (χ0v) is 9.06. The fourth-order valence-corrected chi connectivity index (χ4v) is 1.08. The SMILES string of the molecule is CN(C)CCCNc1nc(N)nc(N)n1. The molecule has 0 spiro atoms. The number of hydrogen-bond donors (Lipinski definition) is 3. The summed E-state index contributed by atoms with van der Waals surface area (Å²) in [7, 11) is 4.05. The number of nitrogen functional groups attached to an aromatic ring is 2. The lowest BCUT2D eigenvalue weighted by Crippen LogP contribution is -2.17. The molecule has 0 unspecified atom stereocenters. The molecule has 0 amide bonds. The van der Waals surface area contributed by atoms with Gasteiger partial charge >= 0.3 is 0 Å². The Bertz CT molecular complexity index is 292. The summed E-state index contributed by atoms with van der Waals surface area (Å²) in [6, 6.07) is 0. The van der Waals surface area contributed by atoms with E-state index < -0.39 is 0 Å². The summed E-state index contributed by atoms with van der Waals surface area (Å²) in [4.78, 5) is 13.6. The second-order valence-corrected chi connectivity index (χ2v) is 3.46. The first-order chi connectivity index (χ1) is 7.08. The molecule has 84 valence electrons. The molecule has 1 aromatic heterocycles. The van der Waals surface area contributed by atoms with E-state index in [1.807, 2.05) is 14.1 Å². The summed E-state index contributed by atoms with van der Waals surface area (Å²) in [5.41, 5.74) is 10.8. The Morgan fingerprint density at radius 3 is 2.27 bits per heavy atom. The van der Waals surface area contributed by atoms with E-state index in [2.05, 4.69) is 25.2 Å². The zero-order chi connectivity index (χ0) is 11.3. The lowest BCUT2D eigenvalue weighted by Gasteiger charge is -2.09. The van der Waals surface area contributed by atoms with Crippen LogP contribution in [-0.4, -0.2) is 47.0 Å². The fraction of sp³-hybridized carbons (Fsp3) is 0.625. The summed E-state index contributed by atoms with van der Waals surface area (Å²) >= 11 is 0. The van der Waals surface area contributed by atoms with Crippen molar-refractivity contribution in [1.29, 1.82) is 0 Å². The van der Waals surface area contributed by atoms with Crippen molar-refractivity contribution in [2.45, 2.75) is 6.42 Å². The average Bonchev–Trinajstić information content (AvgIpc) is 2.10. The van der Waals surface area contributed by atoms with Gasteiger partial charge in [0.25, 0.3) is 0 Å². The number of nitrogens with two attached hydrogens (primary N) is 2. The molecule has 0 aliphatic rings. The highest BCUT2D eigenvalue weighted by Crippen LogP contribution is 2.02. The predicted molar refractivity (Wildman–Crippen MR) is 60.3 cm³/mol. The maximum atomic E-state index is 5.42. The minimum Gasteiger partial charge on any atom is -0.368 e. The van der Waals surface area contributed by atoms with Crippen molar-refractivity contribution >= 4 is 17.8 Å². The third-order valence-corrected chi connectivity index (χ3v) is 1.74. The van der Waals surface area contributed by atoms with Gasteiger partial charge in [0.2, 0.25) is 17.8 Å². The van der Waals surface area contributed by atoms with Crippen LogP contribution in [0.25, 0.3) is 0 Å². The van der Waals surface area contributed by atoms with Crippen molar-refractivity contribution in [3.8, 4) is 0 Å². The molecular weight excluding hydrogens is 194 g/mol. The molecule has 7 nitrogen and oxygen atoms in total. The van der Waals surface area contributed by atoms with Gasteiger partial charge in [0.05, 0.1) is 0 Å². The van der Waals surface area contributed by atoms with Crippen LogP contribution in [0, 0.1) is 0 Å². The lowest BCUT2D eigenvalue weighted by molar-refractivity contribution is 0.405. The summed E-state index contributed by atoms with van der Waals surface area (Å²) in [5, 5.41) is 3.03. The van der Waals surface area contributed by atoms with Gasteiger partial charge in [-0.05, 0) is 27.1 Å². The van der Waals surface area contributed by atoms with E-state index in [0.717, 1.165) is 19.5 Å². The van der Waals surface area contributed by atoms with Crippen molar-refractivity contribution in [2.75, 3.05) is 44.0 Å². The second-order valence-electron chi connectivity index (χ2n) is 3.46. The number of nitrogens with one attached hydrogen (secondary N) is 1. The van der Waals surface area contributed by atoms with Crippen LogP contribution in [0.15, 0.2) is 0 Å². The molecule has 0 radical (unpaired) electrons. The molecule has 1 heterocycles. The number of anilines is 3. The van der Waals surface area contributed by atoms with E-state index in [1.165, 1.54) is 0 Å². The van der Waals surface area contributed by atoms with Gasteiger partial charge in [-0.3, -0.25) is 0 Å². The summed E-state index contributed by atoms with van der Waals surface area (Å²) in [6.45, 7) is 1.78. The molecular formula is C8H17N7. The van der Waals surface area contributed by atoms with Crippen molar-refractivity contribution in [3.05, 3.63) is 0 Å². The molecule has 1 rings (SSSR count). The van der Waals surface area contributed by atoms with E-state index in [0.29, 0.717) is 5.95 Å². The molecule has 15 heavy (non-hydrogen) atoms. The highest BCUT2D eigenvalue weighted by Gasteiger charge is 2.00. The Morgan fingerprint density at radius 1 is 1.13 bits per heavy atom. The van der Waals surface area contributed by atoms with Crippen LogP contribution in [0.4, 0.5) is 17.8 Å². The largest absolute Gasteiger partial charge is 0.368 e. The molecule has 5 N–H and O–H groups in total. The zero-order valence-electron chi connectivity index (χ0n) is 9.06. The van der Waals surface area contributed by atoms with E-state index in [9.17, 15) is 0 Å². The average molecular weight is 211 g/mol. The van der Waals surface area contributed by atoms with Gasteiger partial charge in [-0.2, -0.15) is 15.0 Å². The molecule has 0 fully saturated rings. The molecule has 0 saturated carbocycles. The van der Waals surface area contributed by atoms with Gasteiger partial charge in [0, 0.05) is 6.54 Å². The number of hydrogen-bond acceptors (Lipinski definition) is 7. The van der Waals surface area contributed by atoms with E-state index >= 15 is 0 Å². The molecule has 0 saturated heterocycles. The molecule has 0 aliphatic carbocycles. The Balaban J connectivity index is 2.37. The fourth-order valence-electron chi connectivity index (χ4n) is 1.08. The topological polar surface area (TPSA) is 106 Å². The van der Waals surface area contributed by atoms with Gasteiger partial charge < -0.3 is 21.7 Å². The first kappa shape index (κ1) is 11.4. The molecule has 0 atom stereocenters. The first-order valence-electron chi connectivity index (χ1n) is 4.73. The predicted octanol–water partition coefficient (Wildman–Crippen LogP) is -0.600.